The van der Waals surface area contributed by atoms with E-state index in [0.29, 0.717) is 6.54 Å². The largest absolute Gasteiger partial charge is 0.355 e. The molecule has 0 aliphatic carbocycles. The van der Waals surface area contributed by atoms with Crippen molar-refractivity contribution in [2.45, 2.75) is 32.7 Å². The number of likely N-dealkylation sites (tertiary alicyclic amines) is 1. The summed E-state index contributed by atoms with van der Waals surface area (Å²) in [5, 5.41) is 2.82. The van der Waals surface area contributed by atoms with Gasteiger partial charge in [0.25, 0.3) is 0 Å². The first kappa shape index (κ1) is 12.2. The van der Waals surface area contributed by atoms with E-state index in [9.17, 15) is 9.59 Å². The fourth-order valence-electron chi connectivity index (χ4n) is 1.93. The SMILES string of the molecule is CCNC(=O)C(C)N1CCC(C=O)CC1. The molecule has 1 heterocycles. The monoisotopic (exact) mass is 212 g/mol. The maximum atomic E-state index is 11.6. The fourth-order valence-corrected chi connectivity index (χ4v) is 1.93. The molecule has 1 aliphatic rings. The lowest BCUT2D eigenvalue weighted by Gasteiger charge is -2.33. The lowest BCUT2D eigenvalue weighted by molar-refractivity contribution is -0.126. The molecule has 0 aromatic heterocycles. The highest BCUT2D eigenvalue weighted by molar-refractivity contribution is 5.81. The van der Waals surface area contributed by atoms with E-state index in [-0.39, 0.29) is 17.9 Å². The summed E-state index contributed by atoms with van der Waals surface area (Å²) in [6, 6.07) is -0.0717. The number of hydrogen-bond acceptors (Lipinski definition) is 3. The number of amides is 1. The van der Waals surface area contributed by atoms with Crippen molar-refractivity contribution in [3.8, 4) is 0 Å². The van der Waals surface area contributed by atoms with Gasteiger partial charge in [0.15, 0.2) is 0 Å². The third kappa shape index (κ3) is 3.30. The van der Waals surface area contributed by atoms with E-state index < -0.39 is 0 Å². The molecule has 1 aliphatic heterocycles. The highest BCUT2D eigenvalue weighted by Gasteiger charge is 2.25. The molecule has 1 saturated heterocycles. The minimum Gasteiger partial charge on any atom is -0.355 e. The highest BCUT2D eigenvalue weighted by Crippen LogP contribution is 2.16. The number of nitrogens with zero attached hydrogens (tertiary/aromatic N) is 1. The van der Waals surface area contributed by atoms with Gasteiger partial charge in [0, 0.05) is 12.5 Å². The second-order valence-corrected chi connectivity index (χ2v) is 4.08. The Balaban J connectivity index is 2.38. The second kappa shape index (κ2) is 5.85. The molecule has 4 nitrogen and oxygen atoms in total. The summed E-state index contributed by atoms with van der Waals surface area (Å²) in [5.41, 5.74) is 0. The molecular weight excluding hydrogens is 192 g/mol. The average Bonchev–Trinajstić information content (AvgIpc) is 2.28. The van der Waals surface area contributed by atoms with Gasteiger partial charge in [0.05, 0.1) is 6.04 Å². The van der Waals surface area contributed by atoms with Crippen molar-refractivity contribution >= 4 is 12.2 Å². The van der Waals surface area contributed by atoms with Gasteiger partial charge in [0.1, 0.15) is 6.29 Å². The quantitative estimate of drug-likeness (QED) is 0.687. The molecule has 15 heavy (non-hydrogen) atoms. The number of piperidine rings is 1. The van der Waals surface area contributed by atoms with Gasteiger partial charge in [-0.2, -0.15) is 0 Å². The van der Waals surface area contributed by atoms with E-state index in [4.69, 9.17) is 0 Å². The number of likely N-dealkylation sites (N-methyl/N-ethyl adjacent to an activating group) is 1. The van der Waals surface area contributed by atoms with E-state index in [1.54, 1.807) is 0 Å². The fraction of sp³-hybridized carbons (Fsp3) is 0.818. The summed E-state index contributed by atoms with van der Waals surface area (Å²) < 4.78 is 0. The lowest BCUT2D eigenvalue weighted by Crippen LogP contribution is -2.48. The van der Waals surface area contributed by atoms with Crippen LogP contribution in [0.3, 0.4) is 0 Å². The first-order chi connectivity index (χ1) is 7.19. The van der Waals surface area contributed by atoms with Gasteiger partial charge in [-0.05, 0) is 39.8 Å². The summed E-state index contributed by atoms with van der Waals surface area (Å²) in [4.78, 5) is 24.3. The molecule has 0 saturated carbocycles. The van der Waals surface area contributed by atoms with Crippen LogP contribution in [-0.4, -0.2) is 42.8 Å². The molecule has 1 fully saturated rings. The summed E-state index contributed by atoms with van der Waals surface area (Å²) in [5.74, 6) is 0.282. The van der Waals surface area contributed by atoms with Gasteiger partial charge in [-0.3, -0.25) is 9.69 Å². The van der Waals surface area contributed by atoms with Crippen LogP contribution in [0.25, 0.3) is 0 Å². The third-order valence-electron chi connectivity index (χ3n) is 3.04. The molecule has 0 aromatic rings. The molecular formula is C11H20N2O2. The van der Waals surface area contributed by atoms with Crippen LogP contribution in [0.5, 0.6) is 0 Å². The predicted octanol–water partition coefficient (Wildman–Crippen LogP) is 0.422. The Hall–Kier alpha value is -0.900. The number of carbonyl (C=O) groups is 2. The summed E-state index contributed by atoms with van der Waals surface area (Å²) in [7, 11) is 0. The number of rotatable bonds is 4. The van der Waals surface area contributed by atoms with E-state index in [1.807, 2.05) is 13.8 Å². The third-order valence-corrected chi connectivity index (χ3v) is 3.04. The van der Waals surface area contributed by atoms with Crippen molar-refractivity contribution in [3.05, 3.63) is 0 Å². The standard InChI is InChI=1S/C11H20N2O2/c1-3-12-11(15)9(2)13-6-4-10(8-14)5-7-13/h8-10H,3-7H2,1-2H3,(H,12,15). The number of nitrogens with one attached hydrogen (secondary N) is 1. The van der Waals surface area contributed by atoms with Crippen LogP contribution < -0.4 is 5.32 Å². The molecule has 86 valence electrons. The van der Waals surface area contributed by atoms with E-state index in [1.165, 1.54) is 0 Å². The van der Waals surface area contributed by atoms with Gasteiger partial charge in [-0.1, -0.05) is 0 Å². The molecule has 1 amide bonds. The summed E-state index contributed by atoms with van der Waals surface area (Å²) >= 11 is 0. The first-order valence-electron chi connectivity index (χ1n) is 5.66. The molecule has 1 unspecified atom stereocenters. The zero-order valence-corrected chi connectivity index (χ0v) is 9.53. The van der Waals surface area contributed by atoms with Gasteiger partial charge in [0.2, 0.25) is 5.91 Å². The Kier molecular flexibility index (Phi) is 4.75. The normalized spacial score (nSPS) is 20.9. The predicted molar refractivity (Wildman–Crippen MR) is 58.5 cm³/mol. The maximum Gasteiger partial charge on any atom is 0.237 e. The molecule has 0 bridgehead atoms. The van der Waals surface area contributed by atoms with Crippen LogP contribution in [0.4, 0.5) is 0 Å². The zero-order chi connectivity index (χ0) is 11.3. The Labute approximate surface area is 91.0 Å². The van der Waals surface area contributed by atoms with Crippen LogP contribution in [0, 0.1) is 5.92 Å². The Morgan fingerprint density at radius 1 is 1.53 bits per heavy atom. The van der Waals surface area contributed by atoms with Crippen molar-refractivity contribution in [2.24, 2.45) is 5.92 Å². The van der Waals surface area contributed by atoms with Crippen LogP contribution in [0.2, 0.25) is 0 Å². The molecule has 0 aromatic carbocycles. The van der Waals surface area contributed by atoms with E-state index >= 15 is 0 Å². The van der Waals surface area contributed by atoms with Crippen LogP contribution in [-0.2, 0) is 9.59 Å². The zero-order valence-electron chi connectivity index (χ0n) is 9.53. The highest BCUT2D eigenvalue weighted by atomic mass is 16.2. The van der Waals surface area contributed by atoms with E-state index in [2.05, 4.69) is 10.2 Å². The average molecular weight is 212 g/mol. The second-order valence-electron chi connectivity index (χ2n) is 4.08. The minimum atomic E-state index is -0.0717. The summed E-state index contributed by atoms with van der Waals surface area (Å²) in [6.07, 6.45) is 2.80. The topological polar surface area (TPSA) is 49.4 Å². The van der Waals surface area contributed by atoms with Crippen molar-refractivity contribution < 1.29 is 9.59 Å². The van der Waals surface area contributed by atoms with Gasteiger partial charge < -0.3 is 10.1 Å². The molecule has 0 radical (unpaired) electrons. The molecule has 0 spiro atoms. The van der Waals surface area contributed by atoms with Gasteiger partial charge in [-0.15, -0.1) is 0 Å². The Morgan fingerprint density at radius 2 is 2.13 bits per heavy atom. The smallest absolute Gasteiger partial charge is 0.237 e. The number of carbonyl (C=O) groups excluding carboxylic acids is 2. The van der Waals surface area contributed by atoms with Gasteiger partial charge in [-0.25, -0.2) is 0 Å². The van der Waals surface area contributed by atoms with E-state index in [0.717, 1.165) is 32.2 Å². The summed E-state index contributed by atoms with van der Waals surface area (Å²) in [6.45, 7) is 6.22. The van der Waals surface area contributed by atoms with Gasteiger partial charge >= 0.3 is 0 Å². The van der Waals surface area contributed by atoms with Crippen LogP contribution >= 0.6 is 0 Å². The first-order valence-corrected chi connectivity index (χ1v) is 5.66. The van der Waals surface area contributed by atoms with Crippen molar-refractivity contribution in [2.75, 3.05) is 19.6 Å². The van der Waals surface area contributed by atoms with Crippen molar-refractivity contribution in [1.29, 1.82) is 0 Å². The maximum absolute atomic E-state index is 11.6. The molecule has 1 rings (SSSR count). The Bertz CT molecular complexity index is 223. The number of hydrogen-bond donors (Lipinski definition) is 1. The van der Waals surface area contributed by atoms with Crippen LogP contribution in [0.1, 0.15) is 26.7 Å². The lowest BCUT2D eigenvalue weighted by atomic mass is 9.97. The molecule has 1 N–H and O–H groups in total. The minimum absolute atomic E-state index is 0.0717. The van der Waals surface area contributed by atoms with Crippen LogP contribution in [0.15, 0.2) is 0 Å². The number of aldehydes is 1. The molecule has 4 heteroatoms. The Morgan fingerprint density at radius 3 is 2.60 bits per heavy atom. The molecule has 1 atom stereocenters. The van der Waals surface area contributed by atoms with Crippen molar-refractivity contribution in [1.82, 2.24) is 10.2 Å². The van der Waals surface area contributed by atoms with Crippen molar-refractivity contribution in [3.63, 3.8) is 0 Å².